The Kier molecular flexibility index (Phi) is 4.74. The molecule has 2 rings (SSSR count). The van der Waals surface area contributed by atoms with Crippen LogP contribution in [0.1, 0.15) is 25.9 Å². The number of carbonyl (C=O) groups excluding carboxylic acids is 1. The van der Waals surface area contributed by atoms with Gasteiger partial charge in [0.2, 0.25) is 0 Å². The highest BCUT2D eigenvalue weighted by atomic mass is 79.9. The van der Waals surface area contributed by atoms with Crippen molar-refractivity contribution in [3.05, 3.63) is 49.3 Å². The molecule has 20 heavy (non-hydrogen) atoms. The highest BCUT2D eigenvalue weighted by Gasteiger charge is 2.12. The standard InChI is InChI=1S/C12H8BrClN2O3S/c13-6-1-2-7(8(14)3-6)11(17)15-4-10-16-9(5-20-10)12(18)19/h1-3,5H,4H2,(H,15,17)(H,18,19). The third-order valence-electron chi connectivity index (χ3n) is 2.35. The van der Waals surface area contributed by atoms with Gasteiger partial charge in [-0.3, -0.25) is 4.79 Å². The van der Waals surface area contributed by atoms with E-state index in [9.17, 15) is 9.59 Å². The van der Waals surface area contributed by atoms with E-state index in [0.29, 0.717) is 15.6 Å². The van der Waals surface area contributed by atoms with Crippen molar-refractivity contribution in [2.75, 3.05) is 0 Å². The maximum Gasteiger partial charge on any atom is 0.355 e. The smallest absolute Gasteiger partial charge is 0.355 e. The summed E-state index contributed by atoms with van der Waals surface area (Å²) < 4.78 is 0.782. The molecule has 8 heteroatoms. The number of rotatable bonds is 4. The molecule has 2 N–H and O–H groups in total. The first-order chi connectivity index (χ1) is 9.47. The van der Waals surface area contributed by atoms with Crippen molar-refractivity contribution in [2.24, 2.45) is 0 Å². The van der Waals surface area contributed by atoms with Crippen LogP contribution in [0.25, 0.3) is 0 Å². The van der Waals surface area contributed by atoms with Gasteiger partial charge in [-0.1, -0.05) is 27.5 Å². The van der Waals surface area contributed by atoms with Crippen LogP contribution in [-0.2, 0) is 6.54 Å². The second-order valence-electron chi connectivity index (χ2n) is 3.74. The Morgan fingerprint density at radius 3 is 2.80 bits per heavy atom. The van der Waals surface area contributed by atoms with Crippen LogP contribution < -0.4 is 5.32 Å². The van der Waals surface area contributed by atoms with Crippen LogP contribution in [0, 0.1) is 0 Å². The van der Waals surface area contributed by atoms with Gasteiger partial charge in [-0.15, -0.1) is 11.3 Å². The SMILES string of the molecule is O=C(O)c1csc(CNC(=O)c2ccc(Br)cc2Cl)n1. The first kappa shape index (κ1) is 15.0. The van der Waals surface area contributed by atoms with E-state index in [1.54, 1.807) is 18.2 Å². The van der Waals surface area contributed by atoms with Gasteiger partial charge < -0.3 is 10.4 Å². The average Bonchev–Trinajstić information content (AvgIpc) is 2.85. The maximum atomic E-state index is 11.9. The number of halogens is 2. The zero-order chi connectivity index (χ0) is 14.7. The van der Waals surface area contributed by atoms with Gasteiger partial charge in [-0.2, -0.15) is 0 Å². The first-order valence-electron chi connectivity index (χ1n) is 5.38. The van der Waals surface area contributed by atoms with Gasteiger partial charge in [-0.25, -0.2) is 9.78 Å². The summed E-state index contributed by atoms with van der Waals surface area (Å²) in [6, 6.07) is 4.95. The summed E-state index contributed by atoms with van der Waals surface area (Å²) in [5.41, 5.74) is 0.325. The fourth-order valence-electron chi connectivity index (χ4n) is 1.42. The molecule has 0 radical (unpaired) electrons. The molecule has 0 bridgehead atoms. The van der Waals surface area contributed by atoms with Crippen molar-refractivity contribution < 1.29 is 14.7 Å². The van der Waals surface area contributed by atoms with E-state index in [1.165, 1.54) is 16.7 Å². The molecule has 2 aromatic rings. The van der Waals surface area contributed by atoms with E-state index >= 15 is 0 Å². The Bertz CT molecular complexity index is 674. The lowest BCUT2D eigenvalue weighted by atomic mass is 10.2. The number of aromatic carboxylic acids is 1. The minimum Gasteiger partial charge on any atom is -0.476 e. The van der Waals surface area contributed by atoms with Crippen molar-refractivity contribution in [1.29, 1.82) is 0 Å². The predicted molar refractivity (Wildman–Crippen MR) is 79.4 cm³/mol. The van der Waals surface area contributed by atoms with Crippen LogP contribution in [0.3, 0.4) is 0 Å². The zero-order valence-electron chi connectivity index (χ0n) is 9.89. The molecule has 0 aliphatic heterocycles. The lowest BCUT2D eigenvalue weighted by Crippen LogP contribution is -2.23. The lowest BCUT2D eigenvalue weighted by Gasteiger charge is -2.05. The molecule has 1 heterocycles. The Morgan fingerprint density at radius 2 is 2.20 bits per heavy atom. The molecule has 0 unspecified atom stereocenters. The van der Waals surface area contributed by atoms with Gasteiger partial charge in [-0.05, 0) is 18.2 Å². The number of amides is 1. The number of benzene rings is 1. The van der Waals surface area contributed by atoms with Gasteiger partial charge in [0, 0.05) is 9.85 Å². The average molecular weight is 376 g/mol. The summed E-state index contributed by atoms with van der Waals surface area (Å²) in [5.74, 6) is -1.43. The lowest BCUT2D eigenvalue weighted by molar-refractivity contribution is 0.0691. The number of hydrogen-bond acceptors (Lipinski definition) is 4. The molecular formula is C12H8BrClN2O3S. The number of carboxylic acid groups (broad SMARTS) is 1. The molecule has 104 valence electrons. The van der Waals surface area contributed by atoms with E-state index < -0.39 is 5.97 Å². The third-order valence-corrected chi connectivity index (χ3v) is 4.00. The second kappa shape index (κ2) is 6.34. The molecule has 0 aliphatic carbocycles. The Morgan fingerprint density at radius 1 is 1.45 bits per heavy atom. The van der Waals surface area contributed by atoms with Gasteiger partial charge in [0.15, 0.2) is 5.69 Å². The Hall–Kier alpha value is -1.44. The van der Waals surface area contributed by atoms with Crippen molar-refractivity contribution in [3.8, 4) is 0 Å². The van der Waals surface area contributed by atoms with E-state index in [-0.39, 0.29) is 18.1 Å². The van der Waals surface area contributed by atoms with Gasteiger partial charge >= 0.3 is 5.97 Å². The normalized spacial score (nSPS) is 10.3. The highest BCUT2D eigenvalue weighted by Crippen LogP contribution is 2.21. The molecule has 0 saturated heterocycles. The Labute approximate surface area is 131 Å². The number of carbonyl (C=O) groups is 2. The number of carboxylic acids is 1. The molecule has 1 aromatic carbocycles. The molecular weight excluding hydrogens is 368 g/mol. The summed E-state index contributed by atoms with van der Waals surface area (Å²) in [6.45, 7) is 0.156. The third kappa shape index (κ3) is 3.56. The van der Waals surface area contributed by atoms with E-state index in [4.69, 9.17) is 16.7 Å². The minimum absolute atomic E-state index is 0.0269. The second-order valence-corrected chi connectivity index (χ2v) is 6.00. The van der Waals surface area contributed by atoms with Crippen molar-refractivity contribution in [2.45, 2.75) is 6.54 Å². The van der Waals surface area contributed by atoms with Crippen LogP contribution in [0.15, 0.2) is 28.1 Å². The van der Waals surface area contributed by atoms with Crippen LogP contribution in [0.5, 0.6) is 0 Å². The molecule has 0 atom stereocenters. The van der Waals surface area contributed by atoms with Crippen molar-refractivity contribution in [1.82, 2.24) is 10.3 Å². The topological polar surface area (TPSA) is 79.3 Å². The Balaban J connectivity index is 2.02. The molecule has 5 nitrogen and oxygen atoms in total. The summed E-state index contributed by atoms with van der Waals surface area (Å²) in [5, 5.41) is 13.7. The van der Waals surface area contributed by atoms with Crippen molar-refractivity contribution >= 4 is 50.7 Å². The molecule has 0 fully saturated rings. The number of nitrogens with zero attached hydrogens (tertiary/aromatic N) is 1. The molecule has 1 amide bonds. The fourth-order valence-corrected chi connectivity index (χ4v) is 2.88. The van der Waals surface area contributed by atoms with E-state index in [0.717, 1.165) is 4.47 Å². The van der Waals surface area contributed by atoms with Crippen LogP contribution in [0.4, 0.5) is 0 Å². The number of aromatic nitrogens is 1. The van der Waals surface area contributed by atoms with Crippen LogP contribution >= 0.6 is 38.9 Å². The number of thiazole rings is 1. The van der Waals surface area contributed by atoms with Gasteiger partial charge in [0.25, 0.3) is 5.91 Å². The minimum atomic E-state index is -1.09. The fraction of sp³-hybridized carbons (Fsp3) is 0.0833. The van der Waals surface area contributed by atoms with Gasteiger partial charge in [0.05, 0.1) is 17.1 Å². The summed E-state index contributed by atoms with van der Waals surface area (Å²) in [4.78, 5) is 26.5. The number of hydrogen-bond donors (Lipinski definition) is 2. The number of nitrogens with one attached hydrogen (secondary N) is 1. The van der Waals surface area contributed by atoms with E-state index in [2.05, 4.69) is 26.2 Å². The van der Waals surface area contributed by atoms with Crippen LogP contribution in [0.2, 0.25) is 5.02 Å². The highest BCUT2D eigenvalue weighted by molar-refractivity contribution is 9.10. The summed E-state index contributed by atoms with van der Waals surface area (Å²) in [6.07, 6.45) is 0. The monoisotopic (exact) mass is 374 g/mol. The van der Waals surface area contributed by atoms with Crippen LogP contribution in [-0.4, -0.2) is 22.0 Å². The molecule has 0 spiro atoms. The summed E-state index contributed by atoms with van der Waals surface area (Å²) in [7, 11) is 0. The van der Waals surface area contributed by atoms with Gasteiger partial charge in [0.1, 0.15) is 5.01 Å². The first-order valence-corrected chi connectivity index (χ1v) is 7.43. The van der Waals surface area contributed by atoms with Crippen molar-refractivity contribution in [3.63, 3.8) is 0 Å². The largest absolute Gasteiger partial charge is 0.476 e. The summed E-state index contributed by atoms with van der Waals surface area (Å²) >= 11 is 10.4. The quantitative estimate of drug-likeness (QED) is 0.860. The zero-order valence-corrected chi connectivity index (χ0v) is 13.1. The molecule has 0 aliphatic rings. The van der Waals surface area contributed by atoms with E-state index in [1.807, 2.05) is 0 Å². The molecule has 0 saturated carbocycles. The predicted octanol–water partition coefficient (Wildman–Crippen LogP) is 3.19. The maximum absolute atomic E-state index is 11.9. The molecule has 1 aromatic heterocycles.